The zero-order chi connectivity index (χ0) is 8.74. The highest BCUT2D eigenvalue weighted by molar-refractivity contribution is 7.99. The van der Waals surface area contributed by atoms with Crippen molar-refractivity contribution in [1.29, 1.82) is 0 Å². The van der Waals surface area contributed by atoms with E-state index < -0.39 is 9.84 Å². The van der Waals surface area contributed by atoms with E-state index >= 15 is 0 Å². The van der Waals surface area contributed by atoms with Crippen molar-refractivity contribution < 1.29 is 8.42 Å². The number of thioether (sulfide) groups is 1. The van der Waals surface area contributed by atoms with Crippen molar-refractivity contribution in [3.05, 3.63) is 0 Å². The number of hydrogen-bond acceptors (Lipinski definition) is 3. The van der Waals surface area contributed by atoms with Crippen LogP contribution in [0.4, 0.5) is 0 Å². The van der Waals surface area contributed by atoms with Gasteiger partial charge in [-0.15, -0.1) is 0 Å². The first-order chi connectivity index (χ1) is 5.06. The van der Waals surface area contributed by atoms with Gasteiger partial charge in [-0.1, -0.05) is 6.92 Å². The zero-order valence-corrected chi connectivity index (χ0v) is 8.80. The van der Waals surface area contributed by atoms with E-state index in [2.05, 4.69) is 11.8 Å². The quantitative estimate of drug-likeness (QED) is 0.638. The molecule has 2 nitrogen and oxygen atoms in total. The molecule has 0 saturated carbocycles. The Balaban J connectivity index is 0.000000183. The van der Waals surface area contributed by atoms with E-state index in [1.807, 2.05) is 0 Å². The molecule has 1 rings (SSSR count). The van der Waals surface area contributed by atoms with Crippen molar-refractivity contribution in [2.24, 2.45) is 0 Å². The van der Waals surface area contributed by atoms with Crippen LogP contribution in [0.2, 0.25) is 0 Å². The van der Waals surface area contributed by atoms with Gasteiger partial charge in [0.1, 0.15) is 9.84 Å². The molecular formula is C7H16O2S2. The summed E-state index contributed by atoms with van der Waals surface area (Å²) in [5.74, 6) is 3.08. The number of hydrogen-bond donors (Lipinski definition) is 0. The lowest BCUT2D eigenvalue weighted by Gasteiger charge is -1.81. The zero-order valence-electron chi connectivity index (χ0n) is 7.17. The summed E-state index contributed by atoms with van der Waals surface area (Å²) < 4.78 is 20.0. The molecule has 0 aromatic rings. The van der Waals surface area contributed by atoms with Crippen molar-refractivity contribution in [3.63, 3.8) is 0 Å². The van der Waals surface area contributed by atoms with Crippen molar-refractivity contribution in [1.82, 2.24) is 0 Å². The molecule has 1 heterocycles. The average Bonchev–Trinajstić information content (AvgIpc) is 2.41. The highest BCUT2D eigenvalue weighted by Gasteiger charge is 1.95. The second-order valence-corrected chi connectivity index (χ2v) is 6.19. The van der Waals surface area contributed by atoms with Crippen LogP contribution in [0.1, 0.15) is 19.8 Å². The maximum atomic E-state index is 10.0. The highest BCUT2D eigenvalue weighted by Crippen LogP contribution is 2.14. The van der Waals surface area contributed by atoms with E-state index in [4.69, 9.17) is 0 Å². The van der Waals surface area contributed by atoms with Gasteiger partial charge in [0.25, 0.3) is 0 Å². The fourth-order valence-corrected chi connectivity index (χ4v) is 1.53. The highest BCUT2D eigenvalue weighted by atomic mass is 32.2. The standard InChI is InChI=1S/C4H8S.C3H8O2S/c1-2-4-5-3-1;1-3-6(2,4)5/h1-4H2;3H2,1-2H3. The van der Waals surface area contributed by atoms with E-state index in [0.717, 1.165) is 0 Å². The van der Waals surface area contributed by atoms with Crippen molar-refractivity contribution >= 4 is 21.6 Å². The summed E-state index contributed by atoms with van der Waals surface area (Å²) in [6, 6.07) is 0. The Hall–Kier alpha value is 0.300. The lowest BCUT2D eigenvalue weighted by Crippen LogP contribution is -1.96. The molecule has 0 aliphatic carbocycles. The normalized spacial score (nSPS) is 17.3. The minimum absolute atomic E-state index is 0.243. The van der Waals surface area contributed by atoms with Crippen molar-refractivity contribution in [3.8, 4) is 0 Å². The summed E-state index contributed by atoms with van der Waals surface area (Å²) >= 11 is 2.07. The predicted molar refractivity (Wildman–Crippen MR) is 51.9 cm³/mol. The maximum Gasteiger partial charge on any atom is 0.147 e. The minimum atomic E-state index is -2.66. The van der Waals surface area contributed by atoms with Gasteiger partial charge in [-0.25, -0.2) is 8.42 Å². The predicted octanol–water partition coefficient (Wildman–Crippen LogP) is 1.56. The monoisotopic (exact) mass is 196 g/mol. The summed E-state index contributed by atoms with van der Waals surface area (Å²) in [7, 11) is -2.66. The van der Waals surface area contributed by atoms with Crippen molar-refractivity contribution in [2.75, 3.05) is 23.5 Å². The average molecular weight is 196 g/mol. The molecule has 4 heteroatoms. The Kier molecular flexibility index (Phi) is 6.05. The molecular weight excluding hydrogens is 180 g/mol. The summed E-state index contributed by atoms with van der Waals surface area (Å²) in [6.45, 7) is 1.62. The molecule has 0 N–H and O–H groups in total. The van der Waals surface area contributed by atoms with Gasteiger partial charge in [-0.05, 0) is 24.3 Å². The molecule has 1 aliphatic rings. The first-order valence-corrected chi connectivity index (χ1v) is 7.03. The third kappa shape index (κ3) is 10.3. The lowest BCUT2D eigenvalue weighted by molar-refractivity contribution is 0.603. The largest absolute Gasteiger partial charge is 0.229 e. The van der Waals surface area contributed by atoms with Gasteiger partial charge in [0.05, 0.1) is 0 Å². The van der Waals surface area contributed by atoms with Crippen LogP contribution in [0.3, 0.4) is 0 Å². The third-order valence-electron chi connectivity index (χ3n) is 1.35. The van der Waals surface area contributed by atoms with Gasteiger partial charge >= 0.3 is 0 Å². The van der Waals surface area contributed by atoms with Crippen molar-refractivity contribution in [2.45, 2.75) is 19.8 Å². The molecule has 68 valence electrons. The van der Waals surface area contributed by atoms with Gasteiger partial charge in [-0.3, -0.25) is 0 Å². The Labute approximate surface area is 73.7 Å². The third-order valence-corrected chi connectivity index (χ3v) is 3.56. The van der Waals surface area contributed by atoms with Crippen LogP contribution in [-0.4, -0.2) is 31.9 Å². The Morgan fingerprint density at radius 2 is 1.64 bits per heavy atom. The fourth-order valence-electron chi connectivity index (χ4n) is 0.510. The van der Waals surface area contributed by atoms with E-state index in [1.54, 1.807) is 6.92 Å². The summed E-state index contributed by atoms with van der Waals surface area (Å²) in [5.41, 5.74) is 0. The fraction of sp³-hybridized carbons (Fsp3) is 1.00. The van der Waals surface area contributed by atoms with Crippen LogP contribution >= 0.6 is 11.8 Å². The Bertz CT molecular complexity index is 161. The van der Waals surface area contributed by atoms with E-state index in [-0.39, 0.29) is 5.75 Å². The molecule has 0 unspecified atom stereocenters. The van der Waals surface area contributed by atoms with Gasteiger partial charge in [0.2, 0.25) is 0 Å². The molecule has 0 radical (unpaired) electrons. The summed E-state index contributed by atoms with van der Waals surface area (Å²) in [5, 5.41) is 0. The van der Waals surface area contributed by atoms with Crippen LogP contribution in [-0.2, 0) is 9.84 Å². The van der Waals surface area contributed by atoms with Crippen LogP contribution in [0.5, 0.6) is 0 Å². The molecule has 0 spiro atoms. The topological polar surface area (TPSA) is 34.1 Å². The molecule has 11 heavy (non-hydrogen) atoms. The summed E-state index contributed by atoms with van der Waals surface area (Å²) in [6.07, 6.45) is 4.14. The first kappa shape index (κ1) is 11.3. The maximum absolute atomic E-state index is 10.0. The smallest absolute Gasteiger partial charge is 0.147 e. The SMILES string of the molecule is C1CCSC1.CCS(C)(=O)=O. The van der Waals surface area contributed by atoms with E-state index in [1.165, 1.54) is 30.6 Å². The first-order valence-electron chi connectivity index (χ1n) is 3.81. The molecule has 0 aromatic carbocycles. The second-order valence-electron chi connectivity index (χ2n) is 2.53. The van der Waals surface area contributed by atoms with Crippen LogP contribution in [0.25, 0.3) is 0 Å². The van der Waals surface area contributed by atoms with Gasteiger partial charge < -0.3 is 0 Å². The van der Waals surface area contributed by atoms with Crippen LogP contribution in [0, 0.1) is 0 Å². The second kappa shape index (κ2) is 5.89. The Morgan fingerprint density at radius 3 is 1.73 bits per heavy atom. The van der Waals surface area contributed by atoms with E-state index in [0.29, 0.717) is 0 Å². The molecule has 0 bridgehead atoms. The molecule has 0 atom stereocenters. The summed E-state index contributed by atoms with van der Waals surface area (Å²) in [4.78, 5) is 0. The van der Waals surface area contributed by atoms with E-state index in [9.17, 15) is 8.42 Å². The van der Waals surface area contributed by atoms with Crippen LogP contribution < -0.4 is 0 Å². The Morgan fingerprint density at radius 1 is 1.27 bits per heavy atom. The minimum Gasteiger partial charge on any atom is -0.229 e. The van der Waals surface area contributed by atoms with Gasteiger partial charge in [-0.2, -0.15) is 11.8 Å². The number of rotatable bonds is 1. The lowest BCUT2D eigenvalue weighted by atomic mass is 10.4. The molecule has 1 fully saturated rings. The van der Waals surface area contributed by atoms with Gasteiger partial charge in [0.15, 0.2) is 0 Å². The molecule has 0 aromatic heterocycles. The molecule has 1 saturated heterocycles. The molecule has 1 aliphatic heterocycles. The van der Waals surface area contributed by atoms with Crippen LogP contribution in [0.15, 0.2) is 0 Å². The van der Waals surface area contributed by atoms with Gasteiger partial charge in [0, 0.05) is 12.0 Å². The number of sulfone groups is 1. The molecule has 0 amide bonds.